The highest BCUT2D eigenvalue weighted by atomic mass is 32.2. The molecular formula is C6H6FN3O4S. The molecule has 0 aromatic carbocycles. The minimum absolute atomic E-state index is 0.451. The largest absolute Gasteiger partial charge is 0.411 e. The summed E-state index contributed by atoms with van der Waals surface area (Å²) in [6.45, 7) is 0. The van der Waals surface area contributed by atoms with E-state index in [0.717, 1.165) is 12.1 Å². The summed E-state index contributed by atoms with van der Waals surface area (Å²) >= 11 is 0. The highest BCUT2D eigenvalue weighted by Gasteiger charge is 2.18. The Morgan fingerprint density at radius 2 is 2.07 bits per heavy atom. The van der Waals surface area contributed by atoms with Crippen LogP contribution in [0.2, 0.25) is 0 Å². The first-order valence-corrected chi connectivity index (χ1v) is 5.02. The molecule has 0 fully saturated rings. The number of nitrogens with two attached hydrogens (primary N) is 2. The number of amides is 1. The minimum atomic E-state index is -4.31. The van der Waals surface area contributed by atoms with Crippen LogP contribution in [-0.2, 0) is 10.0 Å². The summed E-state index contributed by atoms with van der Waals surface area (Å²) in [7, 11) is -4.31. The Hall–Kier alpha value is -1.74. The fourth-order valence-corrected chi connectivity index (χ4v) is 1.32. The Balaban J connectivity index is 3.23. The van der Waals surface area contributed by atoms with Crippen LogP contribution in [0.5, 0.6) is 5.88 Å². The number of carbonyl (C=O) groups is 1. The summed E-state index contributed by atoms with van der Waals surface area (Å²) in [6, 6.07) is 1.68. The van der Waals surface area contributed by atoms with Crippen molar-refractivity contribution in [2.45, 2.75) is 5.03 Å². The van der Waals surface area contributed by atoms with Gasteiger partial charge in [0.05, 0.1) is 0 Å². The molecule has 0 aliphatic carbocycles. The van der Waals surface area contributed by atoms with E-state index in [9.17, 15) is 17.6 Å². The van der Waals surface area contributed by atoms with Gasteiger partial charge < -0.3 is 10.5 Å². The monoisotopic (exact) mass is 235 g/mol. The molecular weight excluding hydrogens is 229 g/mol. The Kier molecular flexibility index (Phi) is 2.86. The maximum absolute atomic E-state index is 12.9. The molecule has 0 saturated heterocycles. The standard InChI is InChI=1S/C6H6FN3O4S/c7-3-1-2-4(14-6(8)11)10-5(3)15(9,12)13/h1-2H,(H2,8,11)(H2,9,12,13). The number of halogens is 1. The normalized spacial score (nSPS) is 11.1. The first-order valence-electron chi connectivity index (χ1n) is 3.47. The topological polar surface area (TPSA) is 125 Å². The number of carbonyl (C=O) groups excluding carboxylic acids is 1. The number of hydrogen-bond donors (Lipinski definition) is 2. The Labute approximate surface area is 83.9 Å². The van der Waals surface area contributed by atoms with Gasteiger partial charge in [0.15, 0.2) is 5.82 Å². The van der Waals surface area contributed by atoms with Gasteiger partial charge in [0.2, 0.25) is 10.9 Å². The number of sulfonamides is 1. The number of hydrogen-bond acceptors (Lipinski definition) is 5. The van der Waals surface area contributed by atoms with Crippen LogP contribution >= 0.6 is 0 Å². The van der Waals surface area contributed by atoms with E-state index < -0.39 is 32.8 Å². The summed E-state index contributed by atoms with van der Waals surface area (Å²) in [5.74, 6) is -1.60. The first kappa shape index (κ1) is 11.3. The van der Waals surface area contributed by atoms with E-state index in [2.05, 4.69) is 20.6 Å². The lowest BCUT2D eigenvalue weighted by atomic mass is 10.5. The molecule has 7 nitrogen and oxygen atoms in total. The van der Waals surface area contributed by atoms with Crippen molar-refractivity contribution in [1.82, 2.24) is 4.98 Å². The lowest BCUT2D eigenvalue weighted by molar-refractivity contribution is 0.208. The predicted octanol–water partition coefficient (Wildman–Crippen LogP) is -0.674. The molecule has 1 aromatic heterocycles. The third-order valence-corrected chi connectivity index (χ3v) is 2.09. The molecule has 1 heterocycles. The SMILES string of the molecule is NC(=O)Oc1ccc(F)c(S(N)(=O)=O)n1. The molecule has 1 amide bonds. The minimum Gasteiger partial charge on any atom is -0.391 e. The summed E-state index contributed by atoms with van der Waals surface area (Å²) in [4.78, 5) is 13.5. The number of primary sulfonamides is 1. The average molecular weight is 235 g/mol. The highest BCUT2D eigenvalue weighted by Crippen LogP contribution is 2.14. The van der Waals surface area contributed by atoms with Gasteiger partial charge >= 0.3 is 6.09 Å². The van der Waals surface area contributed by atoms with E-state index in [0.29, 0.717) is 0 Å². The highest BCUT2D eigenvalue weighted by molar-refractivity contribution is 7.89. The second-order valence-corrected chi connectivity index (χ2v) is 3.88. The Bertz CT molecular complexity index is 501. The van der Waals surface area contributed by atoms with Crippen molar-refractivity contribution in [2.75, 3.05) is 0 Å². The molecule has 1 aromatic rings. The van der Waals surface area contributed by atoms with Crippen LogP contribution in [0.25, 0.3) is 0 Å². The fraction of sp³-hybridized carbons (Fsp3) is 0. The second kappa shape index (κ2) is 3.79. The van der Waals surface area contributed by atoms with Crippen LogP contribution in [0.3, 0.4) is 0 Å². The zero-order valence-electron chi connectivity index (χ0n) is 7.18. The molecule has 1 rings (SSSR count). The van der Waals surface area contributed by atoms with Gasteiger partial charge in [-0.3, -0.25) is 0 Å². The van der Waals surface area contributed by atoms with E-state index in [1.54, 1.807) is 0 Å². The zero-order valence-corrected chi connectivity index (χ0v) is 7.99. The van der Waals surface area contributed by atoms with Crippen LogP contribution < -0.4 is 15.6 Å². The molecule has 0 saturated carbocycles. The molecule has 4 N–H and O–H groups in total. The van der Waals surface area contributed by atoms with E-state index in [4.69, 9.17) is 0 Å². The van der Waals surface area contributed by atoms with Gasteiger partial charge in [0.1, 0.15) is 0 Å². The van der Waals surface area contributed by atoms with Crippen molar-refractivity contribution in [3.63, 3.8) is 0 Å². The summed E-state index contributed by atoms with van der Waals surface area (Å²) in [6.07, 6.45) is -1.20. The average Bonchev–Trinajstić information content (AvgIpc) is 2.05. The van der Waals surface area contributed by atoms with E-state index in [1.165, 1.54) is 0 Å². The molecule has 0 radical (unpaired) electrons. The molecule has 0 atom stereocenters. The van der Waals surface area contributed by atoms with Crippen LogP contribution in [0.15, 0.2) is 17.2 Å². The second-order valence-electron chi connectivity index (χ2n) is 2.40. The van der Waals surface area contributed by atoms with Crippen molar-refractivity contribution in [3.05, 3.63) is 17.9 Å². The fourth-order valence-electron chi connectivity index (χ4n) is 0.766. The maximum Gasteiger partial charge on any atom is 0.411 e. The number of pyridine rings is 1. The van der Waals surface area contributed by atoms with Crippen LogP contribution in [0, 0.1) is 5.82 Å². The van der Waals surface area contributed by atoms with Gasteiger partial charge in [-0.25, -0.2) is 22.7 Å². The van der Waals surface area contributed by atoms with Gasteiger partial charge in [-0.1, -0.05) is 0 Å². The molecule has 0 spiro atoms. The van der Waals surface area contributed by atoms with Gasteiger partial charge in [-0.15, -0.1) is 0 Å². The van der Waals surface area contributed by atoms with E-state index in [-0.39, 0.29) is 0 Å². The molecule has 0 aliphatic heterocycles. The van der Waals surface area contributed by atoms with Crippen LogP contribution in [-0.4, -0.2) is 19.5 Å². The number of nitrogens with zero attached hydrogens (tertiary/aromatic N) is 1. The zero-order chi connectivity index (χ0) is 11.6. The van der Waals surface area contributed by atoms with Crippen molar-refractivity contribution in [1.29, 1.82) is 0 Å². The smallest absolute Gasteiger partial charge is 0.391 e. The van der Waals surface area contributed by atoms with Crippen molar-refractivity contribution >= 4 is 16.1 Å². The lowest BCUT2D eigenvalue weighted by Gasteiger charge is -2.02. The molecule has 82 valence electrons. The maximum atomic E-state index is 12.9. The molecule has 9 heteroatoms. The van der Waals surface area contributed by atoms with Crippen molar-refractivity contribution < 1.29 is 22.3 Å². The van der Waals surface area contributed by atoms with E-state index in [1.807, 2.05) is 0 Å². The number of primary amides is 1. The predicted molar refractivity (Wildman–Crippen MR) is 45.8 cm³/mol. The number of rotatable bonds is 2. The summed E-state index contributed by atoms with van der Waals surface area (Å²) in [5, 5.41) is 3.64. The first-order chi connectivity index (χ1) is 6.80. The number of aromatic nitrogens is 1. The number of ether oxygens (including phenoxy) is 1. The molecule has 0 aliphatic rings. The Morgan fingerprint density at radius 3 is 2.53 bits per heavy atom. The quantitative estimate of drug-likeness (QED) is 0.702. The van der Waals surface area contributed by atoms with Crippen molar-refractivity contribution in [2.24, 2.45) is 10.9 Å². The van der Waals surface area contributed by atoms with Gasteiger partial charge in [-0.2, -0.15) is 4.98 Å². The summed E-state index contributed by atoms with van der Waals surface area (Å²) < 4.78 is 38.7. The van der Waals surface area contributed by atoms with Gasteiger partial charge in [0, 0.05) is 6.07 Å². The van der Waals surface area contributed by atoms with Gasteiger partial charge in [0.25, 0.3) is 10.0 Å². The Morgan fingerprint density at radius 1 is 1.47 bits per heavy atom. The van der Waals surface area contributed by atoms with Gasteiger partial charge in [-0.05, 0) is 6.07 Å². The molecule has 15 heavy (non-hydrogen) atoms. The lowest BCUT2D eigenvalue weighted by Crippen LogP contribution is -2.20. The summed E-state index contributed by atoms with van der Waals surface area (Å²) in [5.41, 5.74) is 4.65. The third-order valence-electron chi connectivity index (χ3n) is 1.26. The molecule has 0 unspecified atom stereocenters. The van der Waals surface area contributed by atoms with Crippen LogP contribution in [0.4, 0.5) is 9.18 Å². The molecule has 0 bridgehead atoms. The van der Waals surface area contributed by atoms with Crippen molar-refractivity contribution in [3.8, 4) is 5.88 Å². The van der Waals surface area contributed by atoms with Crippen LogP contribution in [0.1, 0.15) is 0 Å². The van der Waals surface area contributed by atoms with E-state index >= 15 is 0 Å². The third kappa shape index (κ3) is 2.86.